The quantitative estimate of drug-likeness (QED) is 0.816. The molecule has 1 heterocycles. The molecule has 1 fully saturated rings. The van der Waals surface area contributed by atoms with E-state index in [-0.39, 0.29) is 12.1 Å². The SMILES string of the molecule is COc1cccc(N2CC(CCN)NC2=O)c1. The number of hydrogen-bond acceptors (Lipinski definition) is 3. The highest BCUT2D eigenvalue weighted by atomic mass is 16.5. The van der Waals surface area contributed by atoms with Crippen LogP contribution in [0.1, 0.15) is 6.42 Å². The van der Waals surface area contributed by atoms with Gasteiger partial charge in [-0.1, -0.05) is 6.07 Å². The Morgan fingerprint density at radius 2 is 2.41 bits per heavy atom. The number of carbonyl (C=O) groups is 1. The normalized spacial score (nSPS) is 19.3. The number of anilines is 1. The van der Waals surface area contributed by atoms with Crippen LogP contribution < -0.4 is 20.7 Å². The number of urea groups is 1. The average Bonchev–Trinajstić information content (AvgIpc) is 2.71. The van der Waals surface area contributed by atoms with E-state index >= 15 is 0 Å². The maximum absolute atomic E-state index is 11.8. The Bertz CT molecular complexity index is 408. The van der Waals surface area contributed by atoms with Crippen molar-refractivity contribution >= 4 is 11.7 Å². The summed E-state index contributed by atoms with van der Waals surface area (Å²) in [7, 11) is 1.61. The second kappa shape index (κ2) is 5.05. The minimum atomic E-state index is -0.0725. The number of amides is 2. The maximum atomic E-state index is 11.8. The monoisotopic (exact) mass is 235 g/mol. The number of nitrogens with zero attached hydrogens (tertiary/aromatic N) is 1. The maximum Gasteiger partial charge on any atom is 0.322 e. The van der Waals surface area contributed by atoms with E-state index in [1.54, 1.807) is 12.0 Å². The molecule has 0 aromatic heterocycles. The first-order chi connectivity index (χ1) is 8.24. The van der Waals surface area contributed by atoms with E-state index in [2.05, 4.69) is 5.32 Å². The molecule has 2 amide bonds. The third kappa shape index (κ3) is 2.50. The van der Waals surface area contributed by atoms with Gasteiger partial charge in [-0.05, 0) is 25.1 Å². The van der Waals surface area contributed by atoms with Gasteiger partial charge in [0, 0.05) is 24.3 Å². The van der Waals surface area contributed by atoms with Crippen molar-refractivity contribution in [3.05, 3.63) is 24.3 Å². The molecule has 0 bridgehead atoms. The van der Waals surface area contributed by atoms with Crippen LogP contribution in [0.4, 0.5) is 10.5 Å². The molecular formula is C12H17N3O2. The lowest BCUT2D eigenvalue weighted by Gasteiger charge is -2.15. The standard InChI is InChI=1S/C12H17N3O2/c1-17-11-4-2-3-10(7-11)15-8-9(5-6-13)14-12(15)16/h2-4,7,9H,5-6,8,13H2,1H3,(H,14,16). The van der Waals surface area contributed by atoms with Gasteiger partial charge in [0.1, 0.15) is 5.75 Å². The molecular weight excluding hydrogens is 218 g/mol. The molecule has 0 saturated carbocycles. The molecule has 0 radical (unpaired) electrons. The zero-order chi connectivity index (χ0) is 12.3. The summed E-state index contributed by atoms with van der Waals surface area (Å²) in [5, 5.41) is 2.91. The summed E-state index contributed by atoms with van der Waals surface area (Å²) in [5.74, 6) is 0.748. The molecule has 1 aliphatic heterocycles. The fourth-order valence-electron chi connectivity index (χ4n) is 1.97. The molecule has 3 N–H and O–H groups in total. The number of ether oxygens (including phenoxy) is 1. The van der Waals surface area contributed by atoms with Crippen LogP contribution in [-0.4, -0.2) is 32.3 Å². The Labute approximate surface area is 101 Å². The summed E-state index contributed by atoms with van der Waals surface area (Å²) >= 11 is 0. The Hall–Kier alpha value is -1.75. The summed E-state index contributed by atoms with van der Waals surface area (Å²) < 4.78 is 5.15. The van der Waals surface area contributed by atoms with Gasteiger partial charge < -0.3 is 15.8 Å². The smallest absolute Gasteiger partial charge is 0.322 e. The highest BCUT2D eigenvalue weighted by Crippen LogP contribution is 2.23. The Morgan fingerprint density at radius 3 is 3.12 bits per heavy atom. The molecule has 1 aromatic rings. The third-order valence-corrected chi connectivity index (χ3v) is 2.86. The van der Waals surface area contributed by atoms with Crippen LogP contribution in [0.5, 0.6) is 5.75 Å². The van der Waals surface area contributed by atoms with Crippen LogP contribution in [0, 0.1) is 0 Å². The van der Waals surface area contributed by atoms with Gasteiger partial charge in [-0.15, -0.1) is 0 Å². The van der Waals surface area contributed by atoms with Gasteiger partial charge in [-0.2, -0.15) is 0 Å². The molecule has 5 heteroatoms. The molecule has 1 atom stereocenters. The fraction of sp³-hybridized carbons (Fsp3) is 0.417. The molecule has 5 nitrogen and oxygen atoms in total. The Balaban J connectivity index is 2.14. The number of benzene rings is 1. The summed E-state index contributed by atoms with van der Waals surface area (Å²) in [6.45, 7) is 1.24. The van der Waals surface area contributed by atoms with Crippen LogP contribution in [0.2, 0.25) is 0 Å². The van der Waals surface area contributed by atoms with Crippen molar-refractivity contribution in [1.29, 1.82) is 0 Å². The zero-order valence-electron chi connectivity index (χ0n) is 9.85. The van der Waals surface area contributed by atoms with Gasteiger partial charge in [0.2, 0.25) is 0 Å². The van der Waals surface area contributed by atoms with Crippen LogP contribution in [0.25, 0.3) is 0 Å². The summed E-state index contributed by atoms with van der Waals surface area (Å²) in [6, 6.07) is 7.54. The van der Waals surface area contributed by atoms with Crippen LogP contribution in [0.15, 0.2) is 24.3 Å². The molecule has 2 rings (SSSR count). The van der Waals surface area contributed by atoms with E-state index in [9.17, 15) is 4.79 Å². The van der Waals surface area contributed by atoms with E-state index < -0.39 is 0 Å². The molecule has 1 aromatic carbocycles. The topological polar surface area (TPSA) is 67.6 Å². The van der Waals surface area contributed by atoms with Gasteiger partial charge in [-0.25, -0.2) is 4.79 Å². The van der Waals surface area contributed by atoms with Gasteiger partial charge in [0.15, 0.2) is 0 Å². The van der Waals surface area contributed by atoms with Crippen LogP contribution in [0.3, 0.4) is 0 Å². The first-order valence-electron chi connectivity index (χ1n) is 5.66. The van der Waals surface area contributed by atoms with E-state index in [4.69, 9.17) is 10.5 Å². The number of nitrogens with two attached hydrogens (primary N) is 1. The van der Waals surface area contributed by atoms with Gasteiger partial charge in [0.05, 0.1) is 7.11 Å². The number of carbonyl (C=O) groups excluding carboxylic acids is 1. The van der Waals surface area contributed by atoms with E-state index in [0.717, 1.165) is 17.9 Å². The summed E-state index contributed by atoms with van der Waals surface area (Å²) in [5.41, 5.74) is 6.34. The number of rotatable bonds is 4. The molecule has 17 heavy (non-hydrogen) atoms. The molecule has 1 aliphatic rings. The summed E-state index contributed by atoms with van der Waals surface area (Å²) in [4.78, 5) is 13.5. The Morgan fingerprint density at radius 1 is 1.59 bits per heavy atom. The first kappa shape index (κ1) is 11.7. The molecule has 0 aliphatic carbocycles. The lowest BCUT2D eigenvalue weighted by molar-refractivity contribution is 0.250. The Kier molecular flexibility index (Phi) is 3.49. The van der Waals surface area contributed by atoms with Crippen molar-refractivity contribution in [2.45, 2.75) is 12.5 Å². The first-order valence-corrected chi connectivity index (χ1v) is 5.66. The highest BCUT2D eigenvalue weighted by Gasteiger charge is 2.29. The van der Waals surface area contributed by atoms with E-state index in [0.29, 0.717) is 13.1 Å². The second-order valence-electron chi connectivity index (χ2n) is 4.04. The van der Waals surface area contributed by atoms with Crippen LogP contribution in [-0.2, 0) is 0 Å². The van der Waals surface area contributed by atoms with Crippen molar-refractivity contribution in [3.63, 3.8) is 0 Å². The molecule has 1 unspecified atom stereocenters. The lowest BCUT2D eigenvalue weighted by atomic mass is 10.2. The van der Waals surface area contributed by atoms with Crippen molar-refractivity contribution in [1.82, 2.24) is 5.32 Å². The molecule has 1 saturated heterocycles. The average molecular weight is 235 g/mol. The van der Waals surface area contributed by atoms with Gasteiger partial charge in [0.25, 0.3) is 0 Å². The van der Waals surface area contributed by atoms with E-state index in [1.165, 1.54) is 0 Å². The highest BCUT2D eigenvalue weighted by molar-refractivity contribution is 5.94. The number of hydrogen-bond donors (Lipinski definition) is 2. The van der Waals surface area contributed by atoms with Crippen LogP contribution >= 0.6 is 0 Å². The van der Waals surface area contributed by atoms with E-state index in [1.807, 2.05) is 24.3 Å². The number of nitrogens with one attached hydrogen (secondary N) is 1. The predicted molar refractivity (Wildman–Crippen MR) is 66.3 cm³/mol. The van der Waals surface area contributed by atoms with Crippen molar-refractivity contribution in [2.24, 2.45) is 5.73 Å². The van der Waals surface area contributed by atoms with Gasteiger partial charge in [-0.3, -0.25) is 4.90 Å². The summed E-state index contributed by atoms with van der Waals surface area (Å²) in [6.07, 6.45) is 0.798. The predicted octanol–water partition coefficient (Wildman–Crippen LogP) is 0.942. The van der Waals surface area contributed by atoms with Crippen molar-refractivity contribution in [3.8, 4) is 5.75 Å². The minimum Gasteiger partial charge on any atom is -0.497 e. The van der Waals surface area contributed by atoms with Gasteiger partial charge >= 0.3 is 6.03 Å². The molecule has 0 spiro atoms. The minimum absolute atomic E-state index is 0.0725. The fourth-order valence-corrected chi connectivity index (χ4v) is 1.97. The molecule has 92 valence electrons. The lowest BCUT2D eigenvalue weighted by Crippen LogP contribution is -2.29. The zero-order valence-corrected chi connectivity index (χ0v) is 9.85. The largest absolute Gasteiger partial charge is 0.497 e. The second-order valence-corrected chi connectivity index (χ2v) is 4.04. The number of methoxy groups -OCH3 is 1. The third-order valence-electron chi connectivity index (χ3n) is 2.86. The van der Waals surface area contributed by atoms with Crippen molar-refractivity contribution in [2.75, 3.05) is 25.1 Å². The van der Waals surface area contributed by atoms with Crippen molar-refractivity contribution < 1.29 is 9.53 Å².